The van der Waals surface area contributed by atoms with Gasteiger partial charge in [0.1, 0.15) is 5.75 Å². The number of thioether (sulfide) groups is 1. The van der Waals surface area contributed by atoms with Crippen molar-refractivity contribution in [1.82, 2.24) is 4.90 Å². The molecule has 3 nitrogen and oxygen atoms in total. The number of halogens is 1. The number of likely N-dealkylation sites (tertiary alicyclic amines) is 1. The molecule has 6 heteroatoms. The van der Waals surface area contributed by atoms with Gasteiger partial charge in [-0.2, -0.15) is 0 Å². The summed E-state index contributed by atoms with van der Waals surface area (Å²) in [6, 6.07) is 12.2. The molecule has 3 rings (SSSR count). The number of hydrogen-bond donors (Lipinski definition) is 0. The minimum atomic E-state index is 0.195. The molecule has 1 aliphatic rings. The van der Waals surface area contributed by atoms with Crippen molar-refractivity contribution >= 4 is 40.6 Å². The van der Waals surface area contributed by atoms with Gasteiger partial charge in [-0.25, -0.2) is 0 Å². The minimum Gasteiger partial charge on any atom is -0.497 e. The Morgan fingerprint density at radius 2 is 2.12 bits per heavy atom. The highest BCUT2D eigenvalue weighted by molar-refractivity contribution is 7.99. The molecule has 1 aromatic heterocycles. The third-order valence-electron chi connectivity index (χ3n) is 4.17. The molecule has 1 amide bonds. The molecule has 1 aromatic carbocycles. The van der Waals surface area contributed by atoms with E-state index in [0.717, 1.165) is 35.2 Å². The maximum Gasteiger partial charge on any atom is 0.233 e. The van der Waals surface area contributed by atoms with E-state index in [4.69, 9.17) is 16.3 Å². The first-order chi connectivity index (χ1) is 11.7. The van der Waals surface area contributed by atoms with E-state index in [0.29, 0.717) is 5.75 Å². The summed E-state index contributed by atoms with van der Waals surface area (Å²) in [5.74, 6) is 2.42. The largest absolute Gasteiger partial charge is 0.497 e. The highest BCUT2D eigenvalue weighted by atomic mass is 35.5. The van der Waals surface area contributed by atoms with Crippen molar-refractivity contribution in [3.8, 4) is 5.75 Å². The van der Waals surface area contributed by atoms with Gasteiger partial charge in [-0.3, -0.25) is 4.79 Å². The van der Waals surface area contributed by atoms with Crippen molar-refractivity contribution in [1.29, 1.82) is 0 Å². The van der Waals surface area contributed by atoms with E-state index in [2.05, 4.69) is 12.1 Å². The van der Waals surface area contributed by atoms with Crippen LogP contribution in [0.5, 0.6) is 5.75 Å². The number of benzene rings is 1. The van der Waals surface area contributed by atoms with Gasteiger partial charge in [-0.15, -0.1) is 23.1 Å². The Bertz CT molecular complexity index is 687. The quantitative estimate of drug-likeness (QED) is 0.704. The topological polar surface area (TPSA) is 29.5 Å². The maximum absolute atomic E-state index is 12.6. The lowest BCUT2D eigenvalue weighted by molar-refractivity contribution is -0.129. The maximum atomic E-state index is 12.6. The third kappa shape index (κ3) is 4.26. The standard InChI is InChI=1S/C18H20ClNO2S2/c1-22-14-6-4-13(5-7-14)16-3-2-10-20(16)18(21)12-23-11-15-8-9-17(19)24-15/h4-9,16H,2-3,10-12H2,1H3/t16-/m0/s1. The number of ether oxygens (including phenoxy) is 1. The molecule has 0 aliphatic carbocycles. The molecule has 0 N–H and O–H groups in total. The molecule has 0 unspecified atom stereocenters. The van der Waals surface area contributed by atoms with Crippen LogP contribution in [0.1, 0.15) is 29.3 Å². The number of rotatable bonds is 6. The summed E-state index contributed by atoms with van der Waals surface area (Å²) in [7, 11) is 1.67. The van der Waals surface area contributed by atoms with Gasteiger partial charge in [-0.05, 0) is 42.7 Å². The van der Waals surface area contributed by atoms with Gasteiger partial charge < -0.3 is 9.64 Å². The van der Waals surface area contributed by atoms with E-state index in [1.807, 2.05) is 29.2 Å². The Hall–Kier alpha value is -1.17. The molecule has 24 heavy (non-hydrogen) atoms. The van der Waals surface area contributed by atoms with Crippen LogP contribution in [0.25, 0.3) is 0 Å². The van der Waals surface area contributed by atoms with Crippen LogP contribution in [0.2, 0.25) is 4.34 Å². The van der Waals surface area contributed by atoms with Crippen LogP contribution >= 0.6 is 34.7 Å². The van der Waals surface area contributed by atoms with Crippen molar-refractivity contribution in [3.63, 3.8) is 0 Å². The molecule has 0 bridgehead atoms. The van der Waals surface area contributed by atoms with Crippen LogP contribution in [0, 0.1) is 0 Å². The molecule has 1 aliphatic heterocycles. The van der Waals surface area contributed by atoms with Gasteiger partial charge in [0.15, 0.2) is 0 Å². The predicted molar refractivity (Wildman–Crippen MR) is 102 cm³/mol. The van der Waals surface area contributed by atoms with Crippen molar-refractivity contribution in [2.75, 3.05) is 19.4 Å². The van der Waals surface area contributed by atoms with Crippen molar-refractivity contribution in [2.45, 2.75) is 24.6 Å². The molecule has 0 saturated carbocycles. The number of hydrogen-bond acceptors (Lipinski definition) is 4. The molecule has 0 spiro atoms. The summed E-state index contributed by atoms with van der Waals surface area (Å²) in [6.45, 7) is 0.848. The van der Waals surface area contributed by atoms with Crippen LogP contribution < -0.4 is 4.74 Å². The van der Waals surface area contributed by atoms with Gasteiger partial charge >= 0.3 is 0 Å². The molecule has 1 fully saturated rings. The molecule has 2 aromatic rings. The van der Waals surface area contributed by atoms with Crippen LogP contribution in [0.4, 0.5) is 0 Å². The molecule has 1 atom stereocenters. The van der Waals surface area contributed by atoms with Crippen LogP contribution in [0.15, 0.2) is 36.4 Å². The Morgan fingerprint density at radius 1 is 1.33 bits per heavy atom. The fraction of sp³-hybridized carbons (Fsp3) is 0.389. The average molecular weight is 382 g/mol. The molecular weight excluding hydrogens is 362 g/mol. The number of amides is 1. The van der Waals surface area contributed by atoms with E-state index in [9.17, 15) is 4.79 Å². The van der Waals surface area contributed by atoms with E-state index < -0.39 is 0 Å². The molecular formula is C18H20ClNO2S2. The lowest BCUT2D eigenvalue weighted by atomic mass is 10.0. The predicted octanol–water partition coefficient (Wildman–Crippen LogP) is 5.01. The Morgan fingerprint density at radius 3 is 2.79 bits per heavy atom. The SMILES string of the molecule is COc1ccc([C@@H]2CCCN2C(=O)CSCc2ccc(Cl)s2)cc1. The number of carbonyl (C=O) groups is 1. The lowest BCUT2D eigenvalue weighted by Crippen LogP contribution is -2.32. The van der Waals surface area contributed by atoms with E-state index in [1.165, 1.54) is 10.4 Å². The second kappa shape index (κ2) is 8.28. The van der Waals surface area contributed by atoms with Crippen LogP contribution in [-0.2, 0) is 10.5 Å². The monoisotopic (exact) mass is 381 g/mol. The summed E-state index contributed by atoms with van der Waals surface area (Å²) in [4.78, 5) is 15.8. The highest BCUT2D eigenvalue weighted by Gasteiger charge is 2.29. The van der Waals surface area contributed by atoms with E-state index in [1.54, 1.807) is 30.2 Å². The molecule has 0 radical (unpaired) electrons. The second-order valence-electron chi connectivity index (χ2n) is 5.72. The normalized spacial score (nSPS) is 17.2. The number of methoxy groups -OCH3 is 1. The first-order valence-corrected chi connectivity index (χ1v) is 10.3. The van der Waals surface area contributed by atoms with Gasteiger partial charge in [0.05, 0.1) is 23.2 Å². The molecule has 128 valence electrons. The van der Waals surface area contributed by atoms with Crippen molar-refractivity contribution < 1.29 is 9.53 Å². The van der Waals surface area contributed by atoms with Crippen LogP contribution in [-0.4, -0.2) is 30.2 Å². The number of carbonyl (C=O) groups excluding carboxylic acids is 1. The van der Waals surface area contributed by atoms with Crippen molar-refractivity contribution in [2.24, 2.45) is 0 Å². The first-order valence-electron chi connectivity index (χ1n) is 7.93. The van der Waals surface area contributed by atoms with Crippen LogP contribution in [0.3, 0.4) is 0 Å². The number of thiophene rings is 1. The summed E-state index contributed by atoms with van der Waals surface area (Å²) in [5, 5.41) is 0. The van der Waals surface area contributed by atoms with Crippen molar-refractivity contribution in [3.05, 3.63) is 51.2 Å². The summed E-state index contributed by atoms with van der Waals surface area (Å²) in [5.41, 5.74) is 1.19. The number of nitrogens with zero attached hydrogens (tertiary/aromatic N) is 1. The zero-order chi connectivity index (χ0) is 16.9. The van der Waals surface area contributed by atoms with E-state index in [-0.39, 0.29) is 11.9 Å². The Labute approximate surface area is 156 Å². The third-order valence-corrected chi connectivity index (χ3v) is 6.55. The first kappa shape index (κ1) is 17.6. The molecule has 2 heterocycles. The fourth-order valence-corrected chi connectivity index (χ4v) is 5.10. The molecule has 1 saturated heterocycles. The lowest BCUT2D eigenvalue weighted by Gasteiger charge is -2.25. The smallest absolute Gasteiger partial charge is 0.233 e. The summed E-state index contributed by atoms with van der Waals surface area (Å²) in [6.07, 6.45) is 2.09. The zero-order valence-corrected chi connectivity index (χ0v) is 15.9. The summed E-state index contributed by atoms with van der Waals surface area (Å²) < 4.78 is 6.01. The fourth-order valence-electron chi connectivity index (χ4n) is 2.99. The van der Waals surface area contributed by atoms with E-state index >= 15 is 0 Å². The summed E-state index contributed by atoms with van der Waals surface area (Å²) >= 11 is 9.18. The van der Waals surface area contributed by atoms with Gasteiger partial charge in [0, 0.05) is 17.2 Å². The average Bonchev–Trinajstić information content (AvgIpc) is 3.24. The van der Waals surface area contributed by atoms with Gasteiger partial charge in [0.25, 0.3) is 0 Å². The Kier molecular flexibility index (Phi) is 6.09. The van der Waals surface area contributed by atoms with Gasteiger partial charge in [-0.1, -0.05) is 23.7 Å². The second-order valence-corrected chi connectivity index (χ2v) is 8.50. The Balaban J connectivity index is 1.56. The highest BCUT2D eigenvalue weighted by Crippen LogP contribution is 2.33. The minimum absolute atomic E-state index is 0.195. The van der Waals surface area contributed by atoms with Gasteiger partial charge in [0.2, 0.25) is 5.91 Å². The zero-order valence-electron chi connectivity index (χ0n) is 13.5.